The van der Waals surface area contributed by atoms with Crippen molar-refractivity contribution in [3.05, 3.63) is 35.4 Å². The van der Waals surface area contributed by atoms with E-state index >= 15 is 0 Å². The van der Waals surface area contributed by atoms with Crippen LogP contribution in [0.5, 0.6) is 0 Å². The van der Waals surface area contributed by atoms with E-state index in [-0.39, 0.29) is 5.91 Å². The molecule has 0 bridgehead atoms. The zero-order valence-corrected chi connectivity index (χ0v) is 16.2. The number of nitrogens with zero attached hydrogens (tertiary/aromatic N) is 1. The monoisotopic (exact) mass is 344 g/mol. The standard InChI is InChI=1S/C22H36N2O/c1-3-4-5-6-7-8-9-10-13-19-14-11-12-15-21(19)22(25)24(2)20-16-17-23-18-20/h11-12,14-15,20,23H,3-10,13,16-18H2,1-2H3/t20-/m1/s1. The lowest BCUT2D eigenvalue weighted by Crippen LogP contribution is -2.38. The fraction of sp³-hybridized carbons (Fsp3) is 0.682. The summed E-state index contributed by atoms with van der Waals surface area (Å²) in [7, 11) is 1.95. The van der Waals surface area contributed by atoms with Crippen LogP contribution in [0.4, 0.5) is 0 Å². The third-order valence-electron chi connectivity index (χ3n) is 5.45. The van der Waals surface area contributed by atoms with Crippen LogP contribution in [0.3, 0.4) is 0 Å². The fourth-order valence-corrected chi connectivity index (χ4v) is 3.72. The molecule has 1 N–H and O–H groups in total. The highest BCUT2D eigenvalue weighted by atomic mass is 16.2. The molecule has 0 unspecified atom stereocenters. The van der Waals surface area contributed by atoms with Crippen LogP contribution in [0.1, 0.15) is 80.6 Å². The van der Waals surface area contributed by atoms with Crippen LogP contribution in [0.25, 0.3) is 0 Å². The number of nitrogens with one attached hydrogen (secondary N) is 1. The second kappa shape index (κ2) is 11.3. The van der Waals surface area contributed by atoms with Gasteiger partial charge in [-0.25, -0.2) is 0 Å². The number of hydrogen-bond acceptors (Lipinski definition) is 2. The van der Waals surface area contributed by atoms with E-state index in [0.717, 1.165) is 31.5 Å². The molecule has 1 aliphatic rings. The molecule has 1 atom stereocenters. The highest BCUT2D eigenvalue weighted by molar-refractivity contribution is 5.95. The minimum atomic E-state index is 0.184. The topological polar surface area (TPSA) is 32.3 Å². The van der Waals surface area contributed by atoms with Crippen molar-refractivity contribution in [3.63, 3.8) is 0 Å². The van der Waals surface area contributed by atoms with Gasteiger partial charge in [0.05, 0.1) is 0 Å². The van der Waals surface area contributed by atoms with E-state index < -0.39 is 0 Å². The molecule has 3 heteroatoms. The van der Waals surface area contributed by atoms with Gasteiger partial charge in [-0.15, -0.1) is 0 Å². The number of benzene rings is 1. The van der Waals surface area contributed by atoms with Crippen LogP contribution < -0.4 is 5.32 Å². The van der Waals surface area contributed by atoms with Crippen molar-refractivity contribution in [3.8, 4) is 0 Å². The highest BCUT2D eigenvalue weighted by Crippen LogP contribution is 2.18. The number of rotatable bonds is 11. The number of likely N-dealkylation sites (N-methyl/N-ethyl adjacent to an activating group) is 1. The Hall–Kier alpha value is -1.35. The van der Waals surface area contributed by atoms with Gasteiger partial charge in [0, 0.05) is 25.2 Å². The van der Waals surface area contributed by atoms with E-state index in [1.54, 1.807) is 0 Å². The first-order valence-corrected chi connectivity index (χ1v) is 10.3. The molecule has 1 fully saturated rings. The molecule has 2 rings (SSSR count). The van der Waals surface area contributed by atoms with Crippen molar-refractivity contribution in [2.45, 2.75) is 77.2 Å². The summed E-state index contributed by atoms with van der Waals surface area (Å²) in [6.45, 7) is 4.20. The number of unbranched alkanes of at least 4 members (excludes halogenated alkanes) is 7. The van der Waals surface area contributed by atoms with Crippen LogP contribution in [0.2, 0.25) is 0 Å². The molecular formula is C22H36N2O. The molecule has 0 saturated carbocycles. The fourth-order valence-electron chi connectivity index (χ4n) is 3.72. The zero-order valence-electron chi connectivity index (χ0n) is 16.2. The molecule has 0 spiro atoms. The average molecular weight is 345 g/mol. The smallest absolute Gasteiger partial charge is 0.254 e. The Bertz CT molecular complexity index is 509. The van der Waals surface area contributed by atoms with Gasteiger partial charge in [0.1, 0.15) is 0 Å². The van der Waals surface area contributed by atoms with Crippen molar-refractivity contribution in [1.29, 1.82) is 0 Å². The van der Waals surface area contributed by atoms with Gasteiger partial charge in [-0.1, -0.05) is 70.1 Å². The zero-order chi connectivity index (χ0) is 17.9. The van der Waals surface area contributed by atoms with Crippen molar-refractivity contribution >= 4 is 5.91 Å². The lowest BCUT2D eigenvalue weighted by molar-refractivity contribution is 0.0742. The maximum absolute atomic E-state index is 12.9. The van der Waals surface area contributed by atoms with Gasteiger partial charge in [0.2, 0.25) is 0 Å². The Morgan fingerprint density at radius 2 is 1.76 bits per heavy atom. The van der Waals surface area contributed by atoms with E-state index in [2.05, 4.69) is 24.4 Å². The van der Waals surface area contributed by atoms with Crippen LogP contribution in [-0.4, -0.2) is 37.0 Å². The van der Waals surface area contributed by atoms with Gasteiger partial charge >= 0.3 is 0 Å². The summed E-state index contributed by atoms with van der Waals surface area (Å²) < 4.78 is 0. The van der Waals surface area contributed by atoms with Crippen molar-refractivity contribution in [2.24, 2.45) is 0 Å². The Morgan fingerprint density at radius 3 is 2.44 bits per heavy atom. The largest absolute Gasteiger partial charge is 0.337 e. The molecule has 25 heavy (non-hydrogen) atoms. The first-order valence-electron chi connectivity index (χ1n) is 10.3. The summed E-state index contributed by atoms with van der Waals surface area (Å²) >= 11 is 0. The molecule has 1 aromatic carbocycles. The molecule has 1 amide bonds. The maximum Gasteiger partial charge on any atom is 0.254 e. The highest BCUT2D eigenvalue weighted by Gasteiger charge is 2.25. The molecule has 140 valence electrons. The average Bonchev–Trinajstić information content (AvgIpc) is 3.18. The summed E-state index contributed by atoms with van der Waals surface area (Å²) in [6, 6.07) is 8.53. The lowest BCUT2D eigenvalue weighted by Gasteiger charge is -2.25. The number of aryl methyl sites for hydroxylation is 1. The van der Waals surface area contributed by atoms with Crippen LogP contribution in [-0.2, 0) is 6.42 Å². The Labute approximate surface area is 154 Å². The second-order valence-corrected chi connectivity index (χ2v) is 7.44. The van der Waals surface area contributed by atoms with Gasteiger partial charge in [-0.2, -0.15) is 0 Å². The van der Waals surface area contributed by atoms with Crippen LogP contribution in [0.15, 0.2) is 24.3 Å². The van der Waals surface area contributed by atoms with Crippen molar-refractivity contribution < 1.29 is 4.79 Å². The normalized spacial score (nSPS) is 17.0. The first kappa shape index (κ1) is 20.0. The Kier molecular flexibility index (Phi) is 9.03. The van der Waals surface area contributed by atoms with E-state index in [1.807, 2.05) is 24.1 Å². The van der Waals surface area contributed by atoms with Crippen molar-refractivity contribution in [2.75, 3.05) is 20.1 Å². The van der Waals surface area contributed by atoms with E-state index in [4.69, 9.17) is 0 Å². The van der Waals surface area contributed by atoms with Gasteiger partial charge in [0.15, 0.2) is 0 Å². The molecular weight excluding hydrogens is 308 g/mol. The Balaban J connectivity index is 1.78. The van der Waals surface area contributed by atoms with E-state index in [0.29, 0.717) is 6.04 Å². The summed E-state index contributed by atoms with van der Waals surface area (Å²) in [6.07, 6.45) is 12.7. The number of amides is 1. The molecule has 1 aromatic rings. The number of hydrogen-bond donors (Lipinski definition) is 1. The predicted molar refractivity (Wildman–Crippen MR) is 106 cm³/mol. The molecule has 3 nitrogen and oxygen atoms in total. The minimum Gasteiger partial charge on any atom is -0.337 e. The van der Waals surface area contributed by atoms with Crippen LogP contribution in [0, 0.1) is 0 Å². The van der Waals surface area contributed by atoms with Crippen molar-refractivity contribution in [1.82, 2.24) is 10.2 Å². The summed E-state index contributed by atoms with van der Waals surface area (Å²) in [5, 5.41) is 3.35. The van der Waals surface area contributed by atoms with Gasteiger partial charge in [0.25, 0.3) is 5.91 Å². The van der Waals surface area contributed by atoms with E-state index in [9.17, 15) is 4.79 Å². The second-order valence-electron chi connectivity index (χ2n) is 7.44. The van der Waals surface area contributed by atoms with Gasteiger partial charge in [-0.3, -0.25) is 4.79 Å². The quantitative estimate of drug-likeness (QED) is 0.585. The lowest BCUT2D eigenvalue weighted by atomic mass is 9.99. The molecule has 0 aromatic heterocycles. The summed E-state index contributed by atoms with van der Waals surface area (Å²) in [4.78, 5) is 14.8. The minimum absolute atomic E-state index is 0.184. The van der Waals surface area contributed by atoms with Gasteiger partial charge < -0.3 is 10.2 Å². The van der Waals surface area contributed by atoms with Crippen LogP contribution >= 0.6 is 0 Å². The predicted octanol–water partition coefficient (Wildman–Crippen LogP) is 4.80. The number of carbonyl (C=O) groups excluding carboxylic acids is 1. The maximum atomic E-state index is 12.9. The van der Waals surface area contributed by atoms with Gasteiger partial charge in [-0.05, 0) is 37.4 Å². The SMILES string of the molecule is CCCCCCCCCCc1ccccc1C(=O)N(C)[C@@H]1CCNC1. The molecule has 0 radical (unpaired) electrons. The Morgan fingerprint density at radius 1 is 1.08 bits per heavy atom. The number of carbonyl (C=O) groups is 1. The molecule has 1 aliphatic heterocycles. The molecule has 0 aliphatic carbocycles. The van der Waals surface area contributed by atoms with E-state index in [1.165, 1.54) is 56.9 Å². The first-order chi connectivity index (χ1) is 12.2. The summed E-state index contributed by atoms with van der Waals surface area (Å²) in [5.41, 5.74) is 2.12. The molecule has 1 heterocycles. The summed E-state index contributed by atoms with van der Waals surface area (Å²) in [5.74, 6) is 0.184. The molecule has 1 saturated heterocycles. The third kappa shape index (κ3) is 6.47. The third-order valence-corrected chi connectivity index (χ3v) is 5.45.